The van der Waals surface area contributed by atoms with E-state index in [0.29, 0.717) is 25.5 Å². The topological polar surface area (TPSA) is 65.7 Å². The smallest absolute Gasteiger partial charge is 0.173 e. The molecule has 2 heterocycles. The first kappa shape index (κ1) is 18.4. The lowest BCUT2D eigenvalue weighted by molar-refractivity contribution is -0.122. The van der Waals surface area contributed by atoms with Crippen LogP contribution >= 0.6 is 0 Å². The van der Waals surface area contributed by atoms with Crippen LogP contribution in [0.2, 0.25) is 0 Å². The molecule has 1 aromatic carbocycles. The van der Waals surface area contributed by atoms with Crippen molar-refractivity contribution in [3.05, 3.63) is 65.6 Å². The van der Waals surface area contributed by atoms with E-state index in [9.17, 15) is 4.79 Å². The molecule has 0 radical (unpaired) electrons. The van der Waals surface area contributed by atoms with Gasteiger partial charge in [0.1, 0.15) is 6.61 Å². The number of allylic oxidation sites excluding steroid dienone is 1. The highest BCUT2D eigenvalue weighted by Gasteiger charge is 2.37. The quantitative estimate of drug-likeness (QED) is 0.745. The summed E-state index contributed by atoms with van der Waals surface area (Å²) < 4.78 is 13.0. The predicted octanol–water partition coefficient (Wildman–Crippen LogP) is 3.72. The highest BCUT2D eigenvalue weighted by Crippen LogP contribution is 2.32. The number of rotatable bonds is 5. The van der Waals surface area contributed by atoms with Crippen LogP contribution in [0, 0.1) is 12.8 Å². The van der Waals surface area contributed by atoms with Gasteiger partial charge < -0.3 is 9.47 Å². The van der Waals surface area contributed by atoms with Crippen molar-refractivity contribution in [3.8, 4) is 5.69 Å². The number of aliphatic imine (C=N–C) groups is 1. The molecule has 0 saturated heterocycles. The molecule has 0 spiro atoms. The molecule has 1 aliphatic carbocycles. The van der Waals surface area contributed by atoms with Gasteiger partial charge in [-0.25, -0.2) is 9.67 Å². The molecule has 2 aromatic rings. The minimum Gasteiger partial charge on any atom is -0.496 e. The number of benzene rings is 1. The third kappa shape index (κ3) is 3.55. The van der Waals surface area contributed by atoms with Gasteiger partial charge in [0.25, 0.3) is 0 Å². The SMILES string of the molecule is CCOC1CC2=C(COC=C2)C(=O)C1C=Nc1cc(C)nn1-c1ccccc1. The summed E-state index contributed by atoms with van der Waals surface area (Å²) in [7, 11) is 0. The predicted molar refractivity (Wildman–Crippen MR) is 107 cm³/mol. The molecule has 0 fully saturated rings. The summed E-state index contributed by atoms with van der Waals surface area (Å²) in [6, 6.07) is 11.7. The summed E-state index contributed by atoms with van der Waals surface area (Å²) in [6.45, 7) is 4.73. The number of aryl methyl sites for hydroxylation is 1. The monoisotopic (exact) mass is 377 g/mol. The van der Waals surface area contributed by atoms with Gasteiger partial charge in [-0.3, -0.25) is 4.79 Å². The lowest BCUT2D eigenvalue weighted by Crippen LogP contribution is -2.39. The van der Waals surface area contributed by atoms with Gasteiger partial charge in [-0.1, -0.05) is 18.2 Å². The molecule has 2 atom stereocenters. The van der Waals surface area contributed by atoms with Gasteiger partial charge in [0.15, 0.2) is 11.6 Å². The Morgan fingerprint density at radius 2 is 2.18 bits per heavy atom. The Kier molecular flexibility index (Phi) is 5.21. The number of para-hydroxylation sites is 1. The molecular formula is C22H23N3O3. The molecule has 28 heavy (non-hydrogen) atoms. The lowest BCUT2D eigenvalue weighted by Gasteiger charge is -2.31. The van der Waals surface area contributed by atoms with Crippen molar-refractivity contribution in [3.63, 3.8) is 0 Å². The van der Waals surface area contributed by atoms with Crippen LogP contribution in [0.3, 0.4) is 0 Å². The summed E-state index contributed by atoms with van der Waals surface area (Å²) in [4.78, 5) is 17.7. The molecular weight excluding hydrogens is 354 g/mol. The van der Waals surface area contributed by atoms with Crippen molar-refractivity contribution in [1.29, 1.82) is 0 Å². The lowest BCUT2D eigenvalue weighted by atomic mass is 9.80. The fourth-order valence-corrected chi connectivity index (χ4v) is 3.62. The number of carbonyl (C=O) groups is 1. The van der Waals surface area contributed by atoms with E-state index in [-0.39, 0.29) is 11.9 Å². The van der Waals surface area contributed by atoms with E-state index < -0.39 is 5.92 Å². The maximum absolute atomic E-state index is 13.1. The van der Waals surface area contributed by atoms with Crippen molar-refractivity contribution in [2.75, 3.05) is 13.2 Å². The number of hydrogen-bond acceptors (Lipinski definition) is 5. The van der Waals surface area contributed by atoms with E-state index in [1.165, 1.54) is 0 Å². The Morgan fingerprint density at radius 1 is 1.36 bits per heavy atom. The molecule has 144 valence electrons. The number of carbonyl (C=O) groups excluding carboxylic acids is 1. The van der Waals surface area contributed by atoms with Gasteiger partial charge in [0.05, 0.1) is 29.7 Å². The highest BCUT2D eigenvalue weighted by molar-refractivity contribution is 6.08. The zero-order valence-electron chi connectivity index (χ0n) is 16.0. The van der Waals surface area contributed by atoms with Gasteiger partial charge >= 0.3 is 0 Å². The standard InChI is InChI=1S/C22H23N3O3/c1-3-28-20-12-16-9-10-27-14-19(16)22(26)18(20)13-23-21-11-15(2)24-25(21)17-7-5-4-6-8-17/h4-11,13,18,20H,3,12,14H2,1-2H3. The molecule has 2 unspecified atom stereocenters. The van der Waals surface area contributed by atoms with Crippen molar-refractivity contribution in [2.24, 2.45) is 10.9 Å². The van der Waals surface area contributed by atoms with Crippen LogP contribution in [-0.4, -0.2) is 41.1 Å². The molecule has 6 heteroatoms. The third-order valence-electron chi connectivity index (χ3n) is 4.96. The van der Waals surface area contributed by atoms with E-state index in [0.717, 1.165) is 22.5 Å². The first-order valence-electron chi connectivity index (χ1n) is 9.49. The number of Topliss-reactive ketones (excluding diaryl/α,β-unsaturated/α-hetero) is 1. The van der Waals surface area contributed by atoms with E-state index in [1.54, 1.807) is 17.2 Å². The fraction of sp³-hybridized carbons (Fsp3) is 0.318. The maximum atomic E-state index is 13.1. The fourth-order valence-electron chi connectivity index (χ4n) is 3.62. The highest BCUT2D eigenvalue weighted by atomic mass is 16.5. The van der Waals surface area contributed by atoms with Gasteiger partial charge in [-0.2, -0.15) is 5.10 Å². The van der Waals surface area contributed by atoms with E-state index >= 15 is 0 Å². The summed E-state index contributed by atoms with van der Waals surface area (Å²) >= 11 is 0. The third-order valence-corrected chi connectivity index (χ3v) is 4.96. The van der Waals surface area contributed by atoms with Crippen molar-refractivity contribution in [2.45, 2.75) is 26.4 Å². The summed E-state index contributed by atoms with van der Waals surface area (Å²) in [5.74, 6) is 0.273. The van der Waals surface area contributed by atoms with Gasteiger partial charge in [0, 0.05) is 30.9 Å². The van der Waals surface area contributed by atoms with E-state index in [1.807, 2.05) is 56.3 Å². The number of ketones is 1. The second kappa shape index (κ2) is 7.94. The molecule has 4 rings (SSSR count). The minimum atomic E-state index is -0.437. The first-order chi connectivity index (χ1) is 13.7. The molecule has 0 N–H and O–H groups in total. The Bertz CT molecular complexity index is 957. The van der Waals surface area contributed by atoms with Crippen LogP contribution in [0.5, 0.6) is 0 Å². The van der Waals surface area contributed by atoms with Gasteiger partial charge in [-0.15, -0.1) is 0 Å². The van der Waals surface area contributed by atoms with Crippen LogP contribution in [0.1, 0.15) is 19.0 Å². The van der Waals surface area contributed by atoms with Crippen LogP contribution in [0.4, 0.5) is 5.82 Å². The van der Waals surface area contributed by atoms with E-state index in [2.05, 4.69) is 10.1 Å². The van der Waals surface area contributed by atoms with Crippen molar-refractivity contribution >= 4 is 17.8 Å². The van der Waals surface area contributed by atoms with Crippen LogP contribution in [0.15, 0.2) is 64.9 Å². The Balaban J connectivity index is 1.66. The van der Waals surface area contributed by atoms with Crippen LogP contribution < -0.4 is 0 Å². The average Bonchev–Trinajstić information content (AvgIpc) is 3.09. The van der Waals surface area contributed by atoms with Gasteiger partial charge in [0.2, 0.25) is 0 Å². The Morgan fingerprint density at radius 3 is 2.96 bits per heavy atom. The largest absolute Gasteiger partial charge is 0.496 e. The minimum absolute atomic E-state index is 0.0234. The second-order valence-electron chi connectivity index (χ2n) is 6.87. The summed E-state index contributed by atoms with van der Waals surface area (Å²) in [6.07, 6.45) is 5.68. The number of hydrogen-bond donors (Lipinski definition) is 0. The summed E-state index contributed by atoms with van der Waals surface area (Å²) in [5.41, 5.74) is 3.52. The Hall–Kier alpha value is -2.99. The van der Waals surface area contributed by atoms with Gasteiger partial charge in [-0.05, 0) is 37.6 Å². The molecule has 0 bridgehead atoms. The normalized spacial score (nSPS) is 21.9. The maximum Gasteiger partial charge on any atom is 0.173 e. The molecule has 0 amide bonds. The zero-order chi connectivity index (χ0) is 19.5. The zero-order valence-corrected chi connectivity index (χ0v) is 16.0. The number of ether oxygens (including phenoxy) is 2. The number of nitrogens with zero attached hydrogens (tertiary/aromatic N) is 3. The van der Waals surface area contributed by atoms with Crippen LogP contribution in [-0.2, 0) is 14.3 Å². The van der Waals surface area contributed by atoms with Crippen molar-refractivity contribution in [1.82, 2.24) is 9.78 Å². The van der Waals surface area contributed by atoms with Crippen LogP contribution in [0.25, 0.3) is 5.69 Å². The summed E-state index contributed by atoms with van der Waals surface area (Å²) in [5, 5.41) is 4.53. The Labute approximate surface area is 164 Å². The molecule has 2 aliphatic rings. The second-order valence-corrected chi connectivity index (χ2v) is 6.87. The number of aromatic nitrogens is 2. The first-order valence-corrected chi connectivity index (χ1v) is 9.49. The molecule has 1 aromatic heterocycles. The average molecular weight is 377 g/mol. The molecule has 6 nitrogen and oxygen atoms in total. The molecule has 0 saturated carbocycles. The van der Waals surface area contributed by atoms with Crippen molar-refractivity contribution < 1.29 is 14.3 Å². The van der Waals surface area contributed by atoms with E-state index in [4.69, 9.17) is 9.47 Å². The molecule has 1 aliphatic heterocycles.